The summed E-state index contributed by atoms with van der Waals surface area (Å²) in [6.07, 6.45) is 5.86. The van der Waals surface area contributed by atoms with E-state index >= 15 is 0 Å². The molecule has 35 heavy (non-hydrogen) atoms. The van der Waals surface area contributed by atoms with Gasteiger partial charge >= 0.3 is 0 Å². The lowest BCUT2D eigenvalue weighted by Crippen LogP contribution is -2.11. The average molecular weight is 465 g/mol. The molecular weight excluding hydrogens is 440 g/mol. The van der Waals surface area contributed by atoms with E-state index in [2.05, 4.69) is 37.3 Å². The third-order valence-corrected chi connectivity index (χ3v) is 6.97. The molecule has 0 bridgehead atoms. The summed E-state index contributed by atoms with van der Waals surface area (Å²) in [5, 5.41) is 11.7. The summed E-state index contributed by atoms with van der Waals surface area (Å²) in [6, 6.07) is 13.9. The number of hydrogen-bond acceptors (Lipinski definition) is 6. The van der Waals surface area contributed by atoms with Crippen LogP contribution >= 0.6 is 0 Å². The number of rotatable bonds is 5. The molecule has 174 valence electrons. The van der Waals surface area contributed by atoms with Gasteiger partial charge in [-0.2, -0.15) is 10.2 Å². The van der Waals surface area contributed by atoms with Crippen LogP contribution in [-0.2, 0) is 0 Å². The summed E-state index contributed by atoms with van der Waals surface area (Å²) in [6.45, 7) is 0.847. The molecule has 1 unspecified atom stereocenters. The van der Waals surface area contributed by atoms with E-state index in [0.29, 0.717) is 23.0 Å². The number of H-pyrrole nitrogens is 2. The largest absolute Gasteiger partial charge is 0.383 e. The van der Waals surface area contributed by atoms with E-state index in [9.17, 15) is 4.79 Å². The molecule has 0 amide bonds. The molecule has 2 aliphatic rings. The van der Waals surface area contributed by atoms with Gasteiger partial charge in [0.25, 0.3) is 0 Å². The monoisotopic (exact) mass is 464 g/mol. The molecule has 4 N–H and O–H groups in total. The van der Waals surface area contributed by atoms with E-state index in [1.54, 1.807) is 4.68 Å². The van der Waals surface area contributed by atoms with E-state index in [-0.39, 0.29) is 11.7 Å². The van der Waals surface area contributed by atoms with E-state index in [4.69, 9.17) is 5.73 Å². The van der Waals surface area contributed by atoms with Crippen molar-refractivity contribution in [1.82, 2.24) is 29.7 Å². The Morgan fingerprint density at radius 2 is 1.97 bits per heavy atom. The number of nitrogens with zero attached hydrogens (tertiary/aromatic N) is 5. The lowest BCUT2D eigenvalue weighted by molar-refractivity contribution is 0.103. The van der Waals surface area contributed by atoms with Gasteiger partial charge in [0.05, 0.1) is 34.2 Å². The van der Waals surface area contributed by atoms with Gasteiger partial charge in [-0.3, -0.25) is 9.80 Å². The standard InChI is InChI=1S/C26H24N8O/c1-33-13-17(11-28-33)15-4-5-16-9-23(30-21(16)8-15)24(35)19-12-29-34(25(19)27)18-6-7-20-22(10-18)32-26(31-20)14-2-3-14/h4-12,14,17,30H,2-3,13,27H2,1H3,(H,31,32). The van der Waals surface area contributed by atoms with Gasteiger partial charge in [0.2, 0.25) is 5.78 Å². The first kappa shape index (κ1) is 20.0. The first-order valence-electron chi connectivity index (χ1n) is 11.8. The molecule has 9 nitrogen and oxygen atoms in total. The molecule has 1 fully saturated rings. The predicted octanol–water partition coefficient (Wildman–Crippen LogP) is 3.94. The average Bonchev–Trinajstić information content (AvgIpc) is 3.18. The lowest BCUT2D eigenvalue weighted by Gasteiger charge is -2.10. The molecule has 7 rings (SSSR count). The minimum absolute atomic E-state index is 0.188. The Balaban J connectivity index is 1.19. The van der Waals surface area contributed by atoms with Crippen molar-refractivity contribution in [3.63, 3.8) is 0 Å². The van der Waals surface area contributed by atoms with Crippen molar-refractivity contribution in [3.8, 4) is 5.69 Å². The quantitative estimate of drug-likeness (QED) is 0.340. The zero-order valence-electron chi connectivity index (χ0n) is 19.2. The molecule has 0 spiro atoms. The highest BCUT2D eigenvalue weighted by Crippen LogP contribution is 2.39. The maximum Gasteiger partial charge on any atom is 0.214 e. The maximum atomic E-state index is 13.4. The highest BCUT2D eigenvalue weighted by Gasteiger charge is 2.27. The lowest BCUT2D eigenvalue weighted by atomic mass is 10.00. The topological polar surface area (TPSA) is 121 Å². The van der Waals surface area contributed by atoms with Gasteiger partial charge in [-0.15, -0.1) is 0 Å². The van der Waals surface area contributed by atoms with E-state index in [0.717, 1.165) is 45.6 Å². The van der Waals surface area contributed by atoms with Crippen LogP contribution in [0.2, 0.25) is 0 Å². The first-order chi connectivity index (χ1) is 17.0. The number of carbonyl (C=O) groups is 1. The van der Waals surface area contributed by atoms with Crippen molar-refractivity contribution in [2.75, 3.05) is 19.3 Å². The number of ketones is 1. The fourth-order valence-corrected chi connectivity index (χ4v) is 4.85. The number of nitrogen functional groups attached to an aromatic ring is 1. The summed E-state index contributed by atoms with van der Waals surface area (Å²) in [5.74, 6) is 1.95. The number of hydrazone groups is 1. The highest BCUT2D eigenvalue weighted by atomic mass is 16.1. The van der Waals surface area contributed by atoms with Crippen molar-refractivity contribution >= 4 is 39.8 Å². The molecule has 0 radical (unpaired) electrons. The normalized spacial score (nSPS) is 17.7. The Hall–Kier alpha value is -4.40. The minimum atomic E-state index is -0.188. The number of aromatic amines is 2. The van der Waals surface area contributed by atoms with Crippen LogP contribution < -0.4 is 5.73 Å². The van der Waals surface area contributed by atoms with E-state index in [1.165, 1.54) is 19.0 Å². The first-order valence-corrected chi connectivity index (χ1v) is 11.8. The van der Waals surface area contributed by atoms with Crippen molar-refractivity contribution in [3.05, 3.63) is 71.3 Å². The molecule has 1 saturated carbocycles. The van der Waals surface area contributed by atoms with Gasteiger partial charge in [-0.25, -0.2) is 9.67 Å². The van der Waals surface area contributed by atoms with E-state index in [1.807, 2.05) is 48.6 Å². The van der Waals surface area contributed by atoms with Crippen LogP contribution in [0, 0.1) is 0 Å². The zero-order chi connectivity index (χ0) is 23.7. The molecule has 1 aliphatic carbocycles. The number of hydrogen-bond donors (Lipinski definition) is 3. The summed E-state index contributed by atoms with van der Waals surface area (Å²) in [7, 11) is 1.96. The van der Waals surface area contributed by atoms with Crippen molar-refractivity contribution in [2.45, 2.75) is 24.7 Å². The van der Waals surface area contributed by atoms with Crippen LogP contribution in [0.25, 0.3) is 27.6 Å². The van der Waals surface area contributed by atoms with Gasteiger partial charge in [0.15, 0.2) is 0 Å². The molecule has 2 aromatic carbocycles. The molecule has 3 aromatic heterocycles. The Labute approximate surface area is 200 Å². The SMILES string of the molecule is CN1CC(c2ccc3cc(C(=O)c4cnn(-c5ccc6nc(C7CC7)[nH]c6c5)c4N)[nH]c3c2)C=N1. The minimum Gasteiger partial charge on any atom is -0.383 e. The number of likely N-dealkylation sites (N-methyl/N-ethyl adjacent to an activating group) is 1. The van der Waals surface area contributed by atoms with Crippen LogP contribution in [0.4, 0.5) is 5.82 Å². The highest BCUT2D eigenvalue weighted by molar-refractivity contribution is 6.12. The Morgan fingerprint density at radius 1 is 1.09 bits per heavy atom. The number of fused-ring (bicyclic) bond motifs is 2. The van der Waals surface area contributed by atoms with Crippen LogP contribution in [0.1, 0.15) is 52.1 Å². The Kier molecular flexibility index (Phi) is 4.17. The molecular formula is C26H24N8O. The summed E-state index contributed by atoms with van der Waals surface area (Å²) in [5.41, 5.74) is 12.0. The van der Waals surface area contributed by atoms with Gasteiger partial charge < -0.3 is 15.7 Å². The van der Waals surface area contributed by atoms with Gasteiger partial charge in [-0.1, -0.05) is 12.1 Å². The second-order valence-corrected chi connectivity index (χ2v) is 9.52. The summed E-state index contributed by atoms with van der Waals surface area (Å²) >= 11 is 0. The molecule has 4 heterocycles. The van der Waals surface area contributed by atoms with Crippen LogP contribution in [-0.4, -0.2) is 55.3 Å². The molecule has 9 heteroatoms. The van der Waals surface area contributed by atoms with Crippen LogP contribution in [0.15, 0.2) is 53.8 Å². The molecule has 5 aromatic rings. The second-order valence-electron chi connectivity index (χ2n) is 9.52. The van der Waals surface area contributed by atoms with Crippen molar-refractivity contribution in [2.24, 2.45) is 5.10 Å². The third kappa shape index (κ3) is 3.30. The van der Waals surface area contributed by atoms with Crippen LogP contribution in [0.3, 0.4) is 0 Å². The number of aromatic nitrogens is 5. The zero-order valence-corrected chi connectivity index (χ0v) is 19.2. The number of anilines is 1. The molecule has 0 saturated heterocycles. The predicted molar refractivity (Wildman–Crippen MR) is 135 cm³/mol. The molecule has 1 atom stereocenters. The number of nitrogens with two attached hydrogens (primary N) is 1. The third-order valence-electron chi connectivity index (χ3n) is 6.97. The number of nitrogens with one attached hydrogen (secondary N) is 2. The maximum absolute atomic E-state index is 13.4. The Bertz CT molecular complexity index is 1650. The fourth-order valence-electron chi connectivity index (χ4n) is 4.85. The summed E-state index contributed by atoms with van der Waals surface area (Å²) in [4.78, 5) is 24.7. The van der Waals surface area contributed by atoms with Crippen molar-refractivity contribution < 1.29 is 4.79 Å². The Morgan fingerprint density at radius 3 is 2.77 bits per heavy atom. The van der Waals surface area contributed by atoms with Gasteiger partial charge in [0.1, 0.15) is 11.6 Å². The molecule has 1 aliphatic heterocycles. The number of imidazole rings is 1. The second kappa shape index (κ2) is 7.30. The smallest absolute Gasteiger partial charge is 0.214 e. The van der Waals surface area contributed by atoms with Crippen LogP contribution in [0.5, 0.6) is 0 Å². The fraction of sp³-hybridized carbons (Fsp3) is 0.231. The van der Waals surface area contributed by atoms with Gasteiger partial charge in [-0.05, 0) is 48.7 Å². The number of carbonyl (C=O) groups excluding carboxylic acids is 1. The number of benzene rings is 2. The van der Waals surface area contributed by atoms with E-state index < -0.39 is 0 Å². The van der Waals surface area contributed by atoms with Crippen molar-refractivity contribution in [1.29, 1.82) is 0 Å². The van der Waals surface area contributed by atoms with Gasteiger partial charge in [0, 0.05) is 42.5 Å². The summed E-state index contributed by atoms with van der Waals surface area (Å²) < 4.78 is 1.60.